The van der Waals surface area contributed by atoms with Crippen molar-refractivity contribution in [1.82, 2.24) is 24.8 Å². The molecule has 1 spiro atoms. The van der Waals surface area contributed by atoms with Crippen LogP contribution in [-0.2, 0) is 14.9 Å². The third-order valence-corrected chi connectivity index (χ3v) is 11.6. The third-order valence-electron chi connectivity index (χ3n) is 11.6. The quantitative estimate of drug-likeness (QED) is 0.187. The number of aromatic nitrogens is 3. The van der Waals surface area contributed by atoms with Gasteiger partial charge in [-0.3, -0.25) is 10.1 Å². The van der Waals surface area contributed by atoms with Crippen LogP contribution in [0.1, 0.15) is 87.8 Å². The standard InChI is InChI=1S/C39H49N7O3/c1-24(2)45-23-41-33-22-32(43-36(35(33)45)42-27-10-8-25(3)30(19-27)37(47)40-4)26-9-11-31-34(18-26)46(38(48)39(31)12-16-49-17-13-39)29-20-28(21-29)44-14-6-5-7-15-44/h8-11,18-19,22-24,28-29,37,40,47H,5-7,12-17,20-21H2,1-4H3,(H,42,43). The van der Waals surface area contributed by atoms with E-state index in [0.717, 1.165) is 76.0 Å². The summed E-state index contributed by atoms with van der Waals surface area (Å²) in [7, 11) is 1.74. The molecule has 4 aliphatic rings. The number of piperidine rings is 1. The van der Waals surface area contributed by atoms with Gasteiger partial charge in [0.1, 0.15) is 11.7 Å². The highest BCUT2D eigenvalue weighted by Crippen LogP contribution is 2.52. The Labute approximate surface area is 288 Å². The summed E-state index contributed by atoms with van der Waals surface area (Å²) < 4.78 is 7.92. The van der Waals surface area contributed by atoms with E-state index in [1.54, 1.807) is 7.05 Å². The fourth-order valence-corrected chi connectivity index (χ4v) is 8.66. The second-order valence-electron chi connectivity index (χ2n) is 14.8. The van der Waals surface area contributed by atoms with Gasteiger partial charge in [0, 0.05) is 53.8 Å². The van der Waals surface area contributed by atoms with Gasteiger partial charge in [-0.15, -0.1) is 0 Å². The number of likely N-dealkylation sites (tertiary alicyclic amines) is 1. The lowest BCUT2D eigenvalue weighted by Crippen LogP contribution is -2.57. The molecule has 0 radical (unpaired) electrons. The van der Waals surface area contributed by atoms with E-state index in [1.807, 2.05) is 31.5 Å². The van der Waals surface area contributed by atoms with E-state index < -0.39 is 11.6 Å². The van der Waals surface area contributed by atoms with E-state index in [-0.39, 0.29) is 18.0 Å². The van der Waals surface area contributed by atoms with E-state index in [9.17, 15) is 9.90 Å². The number of anilines is 3. The first-order valence-corrected chi connectivity index (χ1v) is 18.2. The number of hydrogen-bond acceptors (Lipinski definition) is 8. The summed E-state index contributed by atoms with van der Waals surface area (Å²) in [6.07, 6.45) is 8.52. The number of carbonyl (C=O) groups excluding carboxylic acids is 1. The summed E-state index contributed by atoms with van der Waals surface area (Å²) in [5.74, 6) is 0.954. The van der Waals surface area contributed by atoms with Crippen LogP contribution in [0.5, 0.6) is 0 Å². The summed E-state index contributed by atoms with van der Waals surface area (Å²) in [6.45, 7) is 9.86. The van der Waals surface area contributed by atoms with E-state index in [2.05, 4.69) is 63.1 Å². The van der Waals surface area contributed by atoms with Gasteiger partial charge in [0.25, 0.3) is 0 Å². The largest absolute Gasteiger partial charge is 0.381 e. The van der Waals surface area contributed by atoms with Gasteiger partial charge in [0.2, 0.25) is 5.91 Å². The predicted octanol–water partition coefficient (Wildman–Crippen LogP) is 6.35. The molecule has 3 N–H and O–H groups in total. The Morgan fingerprint density at radius 1 is 1.00 bits per heavy atom. The van der Waals surface area contributed by atoms with Crippen LogP contribution in [0, 0.1) is 6.92 Å². The second-order valence-corrected chi connectivity index (χ2v) is 14.8. The SMILES string of the molecule is CNC(O)c1cc(Nc2nc(-c3ccc4c(c3)N(C3CC(N5CCCCC5)C3)C(=O)C43CCOCC3)cc3ncn(C(C)C)c23)ccc1C. The molecule has 2 aromatic heterocycles. The summed E-state index contributed by atoms with van der Waals surface area (Å²) in [5, 5.41) is 17.1. The Bertz CT molecular complexity index is 1870. The van der Waals surface area contributed by atoms with Gasteiger partial charge in [-0.2, -0.15) is 0 Å². The van der Waals surface area contributed by atoms with Crippen molar-refractivity contribution in [2.24, 2.45) is 0 Å². The fourth-order valence-electron chi connectivity index (χ4n) is 8.66. The van der Waals surface area contributed by atoms with Gasteiger partial charge in [-0.1, -0.05) is 24.6 Å². The molecular weight excluding hydrogens is 614 g/mol. The number of nitrogens with one attached hydrogen (secondary N) is 2. The molecule has 2 aromatic carbocycles. The molecule has 258 valence electrons. The Morgan fingerprint density at radius 3 is 2.51 bits per heavy atom. The number of rotatable bonds is 8. The van der Waals surface area contributed by atoms with Crippen molar-refractivity contribution in [3.63, 3.8) is 0 Å². The van der Waals surface area contributed by atoms with Crippen molar-refractivity contribution in [3.05, 3.63) is 65.5 Å². The van der Waals surface area contributed by atoms with Crippen molar-refractivity contribution in [2.45, 2.75) is 95.5 Å². The molecule has 1 atom stereocenters. The number of carbonyl (C=O) groups is 1. The lowest BCUT2D eigenvalue weighted by molar-refractivity contribution is -0.127. The highest BCUT2D eigenvalue weighted by molar-refractivity contribution is 6.09. The van der Waals surface area contributed by atoms with Crippen LogP contribution >= 0.6 is 0 Å². The lowest BCUT2D eigenvalue weighted by atomic mass is 9.75. The summed E-state index contributed by atoms with van der Waals surface area (Å²) in [5.41, 5.74) is 7.85. The summed E-state index contributed by atoms with van der Waals surface area (Å²) in [6, 6.07) is 15.5. The van der Waals surface area contributed by atoms with Gasteiger partial charge < -0.3 is 29.5 Å². The molecular formula is C39H49N7O3. The van der Waals surface area contributed by atoms with Crippen LogP contribution in [-0.4, -0.2) is 75.9 Å². The second kappa shape index (κ2) is 12.8. The smallest absolute Gasteiger partial charge is 0.238 e. The maximum Gasteiger partial charge on any atom is 0.238 e. The summed E-state index contributed by atoms with van der Waals surface area (Å²) >= 11 is 0. The number of fused-ring (bicyclic) bond motifs is 3. The Kier molecular flexibility index (Phi) is 8.46. The molecule has 2 saturated heterocycles. The van der Waals surface area contributed by atoms with Crippen LogP contribution in [0.3, 0.4) is 0 Å². The van der Waals surface area contributed by atoms with Crippen LogP contribution in [0.4, 0.5) is 17.2 Å². The number of aliphatic hydroxyl groups is 1. The molecule has 5 heterocycles. The van der Waals surface area contributed by atoms with Crippen molar-refractivity contribution in [1.29, 1.82) is 0 Å². The van der Waals surface area contributed by atoms with Crippen LogP contribution in [0.2, 0.25) is 0 Å². The molecule has 4 aromatic rings. The molecule has 0 bridgehead atoms. The number of aliphatic hydroxyl groups excluding tert-OH is 1. The van der Waals surface area contributed by atoms with Crippen molar-refractivity contribution >= 4 is 34.1 Å². The summed E-state index contributed by atoms with van der Waals surface area (Å²) in [4.78, 5) is 29.4. The number of benzene rings is 2. The Morgan fingerprint density at radius 2 is 1.78 bits per heavy atom. The maximum absolute atomic E-state index is 14.5. The van der Waals surface area contributed by atoms with Gasteiger partial charge in [-0.25, -0.2) is 9.97 Å². The molecule has 49 heavy (non-hydrogen) atoms. The van der Waals surface area contributed by atoms with Crippen LogP contribution in [0.25, 0.3) is 22.3 Å². The maximum atomic E-state index is 14.5. The van der Waals surface area contributed by atoms with Crippen LogP contribution in [0.15, 0.2) is 48.8 Å². The minimum Gasteiger partial charge on any atom is -0.381 e. The van der Waals surface area contributed by atoms with Crippen molar-refractivity contribution in [3.8, 4) is 11.3 Å². The number of nitrogens with zero attached hydrogens (tertiary/aromatic N) is 5. The van der Waals surface area contributed by atoms with Gasteiger partial charge >= 0.3 is 0 Å². The zero-order valence-electron chi connectivity index (χ0n) is 29.2. The number of aryl methyl sites for hydroxylation is 1. The topological polar surface area (TPSA) is 108 Å². The first kappa shape index (κ1) is 32.4. The molecule has 8 rings (SSSR count). The van der Waals surface area contributed by atoms with E-state index >= 15 is 0 Å². The normalized spacial score (nSPS) is 22.9. The third kappa shape index (κ3) is 5.53. The van der Waals surface area contributed by atoms with Crippen molar-refractivity contribution in [2.75, 3.05) is 43.6 Å². The highest BCUT2D eigenvalue weighted by atomic mass is 16.5. The van der Waals surface area contributed by atoms with Crippen LogP contribution < -0.4 is 15.5 Å². The molecule has 1 aliphatic carbocycles. The van der Waals surface area contributed by atoms with Gasteiger partial charge in [0.15, 0.2) is 5.82 Å². The molecule has 1 unspecified atom stereocenters. The molecule has 10 heteroatoms. The number of imidazole rings is 1. The zero-order valence-corrected chi connectivity index (χ0v) is 29.2. The average Bonchev–Trinajstić information content (AvgIpc) is 3.63. The highest BCUT2D eigenvalue weighted by Gasteiger charge is 2.55. The Hall–Kier alpha value is -3.83. The van der Waals surface area contributed by atoms with Gasteiger partial charge in [-0.05, 0) is 115 Å². The van der Waals surface area contributed by atoms with E-state index in [0.29, 0.717) is 25.1 Å². The minimum atomic E-state index is -0.774. The Balaban J connectivity index is 1.19. The van der Waals surface area contributed by atoms with Gasteiger partial charge in [0.05, 0.1) is 23.0 Å². The number of amides is 1. The van der Waals surface area contributed by atoms with Crippen molar-refractivity contribution < 1.29 is 14.6 Å². The first-order valence-electron chi connectivity index (χ1n) is 18.2. The number of hydrogen-bond donors (Lipinski definition) is 3. The molecule has 3 aliphatic heterocycles. The van der Waals surface area contributed by atoms with E-state index in [4.69, 9.17) is 14.7 Å². The molecule has 3 fully saturated rings. The fraction of sp³-hybridized carbons (Fsp3) is 0.513. The number of ether oxygens (including phenoxy) is 1. The zero-order chi connectivity index (χ0) is 33.9. The minimum absolute atomic E-state index is 0.185. The molecule has 1 saturated carbocycles. The molecule has 10 nitrogen and oxygen atoms in total. The monoisotopic (exact) mass is 663 g/mol. The van der Waals surface area contributed by atoms with E-state index in [1.165, 1.54) is 32.4 Å². The number of pyridine rings is 1. The first-order chi connectivity index (χ1) is 23.8. The lowest BCUT2D eigenvalue weighted by Gasteiger charge is -2.48. The molecule has 1 amide bonds. The average molecular weight is 664 g/mol. The predicted molar refractivity (Wildman–Crippen MR) is 193 cm³/mol.